The lowest BCUT2D eigenvalue weighted by molar-refractivity contribution is -0.150. The highest BCUT2D eigenvalue weighted by Gasteiger charge is 2.40. The van der Waals surface area contributed by atoms with Crippen LogP contribution in [0.15, 0.2) is 0 Å². The summed E-state index contributed by atoms with van der Waals surface area (Å²) < 4.78 is 0. The molecule has 0 aliphatic carbocycles. The van der Waals surface area contributed by atoms with Crippen LogP contribution in [0.25, 0.3) is 0 Å². The molecule has 0 aromatic carbocycles. The zero-order valence-electron chi connectivity index (χ0n) is 17.1. The van der Waals surface area contributed by atoms with E-state index in [0.29, 0.717) is 31.4 Å². The van der Waals surface area contributed by atoms with Crippen molar-refractivity contribution >= 4 is 36.6 Å². The number of hydrogen-bond donors (Lipinski definition) is 1. The number of amides is 3. The molecule has 1 fully saturated rings. The predicted octanol–water partition coefficient (Wildman–Crippen LogP) is -0.270. The molecular formula is C18H32N4O4S. The average molecular weight is 401 g/mol. The summed E-state index contributed by atoms with van der Waals surface area (Å²) in [5, 5.41) is 0. The number of thiol groups is 1. The van der Waals surface area contributed by atoms with Gasteiger partial charge in [-0.15, -0.1) is 0 Å². The van der Waals surface area contributed by atoms with Crippen LogP contribution in [0.3, 0.4) is 0 Å². The highest BCUT2D eigenvalue weighted by molar-refractivity contribution is 7.80. The van der Waals surface area contributed by atoms with Crippen LogP contribution < -0.4 is 0 Å². The number of carbonyl (C=O) groups is 4. The van der Waals surface area contributed by atoms with Crippen LogP contribution in [-0.2, 0) is 19.2 Å². The van der Waals surface area contributed by atoms with E-state index in [1.807, 2.05) is 0 Å². The molecule has 1 aliphatic heterocycles. The summed E-state index contributed by atoms with van der Waals surface area (Å²) in [5.41, 5.74) is 0. The molecule has 1 saturated heterocycles. The molecule has 0 aromatic heterocycles. The Morgan fingerprint density at radius 2 is 1.74 bits per heavy atom. The Labute approximate surface area is 167 Å². The van der Waals surface area contributed by atoms with Crippen molar-refractivity contribution in [2.75, 3.05) is 40.5 Å². The Bertz CT molecular complexity index is 572. The topological polar surface area (TPSA) is 81.2 Å². The maximum Gasteiger partial charge on any atom is 0.245 e. The smallest absolute Gasteiger partial charge is 0.245 e. The van der Waals surface area contributed by atoms with Gasteiger partial charge in [0.05, 0.1) is 12.1 Å². The molecule has 1 aliphatic rings. The van der Waals surface area contributed by atoms with Crippen molar-refractivity contribution in [2.24, 2.45) is 0 Å². The monoisotopic (exact) mass is 400 g/mol. The maximum atomic E-state index is 13.0. The number of nitrogens with zero attached hydrogens (tertiary/aromatic N) is 4. The molecule has 0 bridgehead atoms. The van der Waals surface area contributed by atoms with E-state index in [-0.39, 0.29) is 17.7 Å². The van der Waals surface area contributed by atoms with E-state index in [0.717, 1.165) is 0 Å². The summed E-state index contributed by atoms with van der Waals surface area (Å²) >= 11 is 4.23. The van der Waals surface area contributed by atoms with E-state index in [1.54, 1.807) is 46.9 Å². The number of likely N-dealkylation sites (tertiary alicyclic amines) is 1. The lowest BCUT2D eigenvalue weighted by atomic mass is 10.1. The molecule has 3 amide bonds. The number of likely N-dealkylation sites (N-methyl/N-ethyl adjacent to an activating group) is 3. The molecule has 4 atom stereocenters. The van der Waals surface area contributed by atoms with E-state index >= 15 is 0 Å². The van der Waals surface area contributed by atoms with Crippen molar-refractivity contribution in [1.29, 1.82) is 0 Å². The fourth-order valence-electron chi connectivity index (χ4n) is 3.11. The highest BCUT2D eigenvalue weighted by Crippen LogP contribution is 2.22. The third-order valence-electron chi connectivity index (χ3n) is 5.34. The first-order valence-electron chi connectivity index (χ1n) is 9.14. The van der Waals surface area contributed by atoms with Crippen LogP contribution in [0.5, 0.6) is 0 Å². The molecule has 154 valence electrons. The van der Waals surface area contributed by atoms with Gasteiger partial charge in [0.1, 0.15) is 18.4 Å². The molecule has 0 spiro atoms. The highest BCUT2D eigenvalue weighted by atomic mass is 32.1. The normalized spacial score (nSPS) is 20.1. The maximum absolute atomic E-state index is 13.0. The number of carbonyl (C=O) groups excluding carboxylic acids is 4. The number of rotatable bonds is 8. The Hall–Kier alpha value is -1.61. The summed E-state index contributed by atoms with van der Waals surface area (Å²) in [6, 6.07) is -2.26. The van der Waals surface area contributed by atoms with Crippen molar-refractivity contribution in [3.8, 4) is 0 Å². The Morgan fingerprint density at radius 3 is 2.22 bits per heavy atom. The van der Waals surface area contributed by atoms with E-state index < -0.39 is 24.2 Å². The zero-order chi connectivity index (χ0) is 20.9. The molecule has 1 heterocycles. The minimum Gasteiger partial charge on any atom is -0.335 e. The van der Waals surface area contributed by atoms with Gasteiger partial charge >= 0.3 is 0 Å². The molecule has 0 N–H and O–H groups in total. The summed E-state index contributed by atoms with van der Waals surface area (Å²) in [6.45, 7) is 3.78. The van der Waals surface area contributed by atoms with Crippen LogP contribution in [0, 0.1) is 0 Å². The van der Waals surface area contributed by atoms with Gasteiger partial charge in [-0.05, 0) is 40.8 Å². The van der Waals surface area contributed by atoms with Gasteiger partial charge in [0, 0.05) is 26.4 Å². The van der Waals surface area contributed by atoms with Crippen LogP contribution >= 0.6 is 12.6 Å². The third kappa shape index (κ3) is 5.22. The molecule has 4 unspecified atom stereocenters. The van der Waals surface area contributed by atoms with E-state index in [4.69, 9.17) is 0 Å². The molecule has 0 saturated carbocycles. The van der Waals surface area contributed by atoms with E-state index in [9.17, 15) is 19.2 Å². The first-order chi connectivity index (χ1) is 12.6. The van der Waals surface area contributed by atoms with Crippen LogP contribution in [-0.4, -0.2) is 108 Å². The van der Waals surface area contributed by atoms with Gasteiger partial charge in [0.15, 0.2) is 0 Å². The Balaban J connectivity index is 2.91. The minimum absolute atomic E-state index is 0.190. The van der Waals surface area contributed by atoms with E-state index in [2.05, 4.69) is 12.6 Å². The van der Waals surface area contributed by atoms with Gasteiger partial charge in [-0.25, -0.2) is 0 Å². The third-order valence-corrected chi connectivity index (χ3v) is 5.69. The number of hydrogen-bond acceptors (Lipinski definition) is 6. The van der Waals surface area contributed by atoms with Crippen molar-refractivity contribution in [2.45, 2.75) is 50.9 Å². The van der Waals surface area contributed by atoms with Crippen LogP contribution in [0.1, 0.15) is 26.7 Å². The van der Waals surface area contributed by atoms with Crippen molar-refractivity contribution < 1.29 is 19.2 Å². The van der Waals surface area contributed by atoms with Gasteiger partial charge in [-0.2, -0.15) is 12.6 Å². The van der Waals surface area contributed by atoms with Crippen molar-refractivity contribution in [3.05, 3.63) is 0 Å². The zero-order valence-corrected chi connectivity index (χ0v) is 18.0. The van der Waals surface area contributed by atoms with Gasteiger partial charge in [0.25, 0.3) is 0 Å². The Kier molecular flexibility index (Phi) is 8.74. The molecule has 27 heavy (non-hydrogen) atoms. The fraction of sp³-hybridized carbons (Fsp3) is 0.778. The predicted molar refractivity (Wildman–Crippen MR) is 107 cm³/mol. The summed E-state index contributed by atoms with van der Waals surface area (Å²) in [7, 11) is 6.74. The van der Waals surface area contributed by atoms with Gasteiger partial charge in [-0.3, -0.25) is 19.3 Å². The first-order valence-corrected chi connectivity index (χ1v) is 9.78. The average Bonchev–Trinajstić information content (AvgIpc) is 3.13. The van der Waals surface area contributed by atoms with Crippen molar-refractivity contribution in [3.63, 3.8) is 0 Å². The fourth-order valence-corrected chi connectivity index (χ4v) is 3.59. The Morgan fingerprint density at radius 1 is 1.15 bits per heavy atom. The first kappa shape index (κ1) is 23.4. The molecule has 1 rings (SSSR count). The SMILES string of the molecule is CC(C=O)N(C)C(=O)C1CCCN1C(=O)C(C)N(C)C(=O)C(CS)N(C)C. The van der Waals surface area contributed by atoms with E-state index in [1.165, 1.54) is 14.7 Å². The molecule has 0 radical (unpaired) electrons. The molecule has 9 heteroatoms. The minimum atomic E-state index is -0.693. The summed E-state index contributed by atoms with van der Waals surface area (Å²) in [6.07, 6.45) is 1.97. The van der Waals surface area contributed by atoms with Gasteiger partial charge in [-0.1, -0.05) is 0 Å². The summed E-state index contributed by atoms with van der Waals surface area (Å²) in [4.78, 5) is 55.5. The standard InChI is InChI=1S/C18H32N4O4S/c1-12(10-23)20(5)17(25)14-8-7-9-22(14)16(24)13(2)21(6)18(26)15(11-27)19(3)4/h10,12-15,27H,7-9,11H2,1-6H3. The second kappa shape index (κ2) is 10.1. The number of aldehydes is 1. The van der Waals surface area contributed by atoms with Crippen LogP contribution in [0.4, 0.5) is 0 Å². The molecule has 8 nitrogen and oxygen atoms in total. The molecular weight excluding hydrogens is 368 g/mol. The molecule has 0 aromatic rings. The van der Waals surface area contributed by atoms with Crippen molar-refractivity contribution in [1.82, 2.24) is 19.6 Å². The summed E-state index contributed by atoms with van der Waals surface area (Å²) in [5.74, 6) is -0.352. The second-order valence-electron chi connectivity index (χ2n) is 7.30. The van der Waals surface area contributed by atoms with Gasteiger partial charge in [0.2, 0.25) is 17.7 Å². The lowest BCUT2D eigenvalue weighted by Crippen LogP contribution is -2.56. The lowest BCUT2D eigenvalue weighted by Gasteiger charge is -2.35. The largest absolute Gasteiger partial charge is 0.335 e. The second-order valence-corrected chi connectivity index (χ2v) is 7.67. The quantitative estimate of drug-likeness (QED) is 0.448. The van der Waals surface area contributed by atoms with Crippen LogP contribution in [0.2, 0.25) is 0 Å². The van der Waals surface area contributed by atoms with Gasteiger partial charge < -0.3 is 19.5 Å².